The molecule has 0 N–H and O–H groups in total. The Bertz CT molecular complexity index is 892. The van der Waals surface area contributed by atoms with E-state index < -0.39 is 0 Å². The zero-order valence-electron chi connectivity index (χ0n) is 17.5. The van der Waals surface area contributed by atoms with Crippen molar-refractivity contribution >= 4 is 17.3 Å². The fourth-order valence-corrected chi connectivity index (χ4v) is 4.55. The number of aromatic nitrogens is 2. The highest BCUT2D eigenvalue weighted by Gasteiger charge is 2.38. The smallest absolute Gasteiger partial charge is 0.186 e. The summed E-state index contributed by atoms with van der Waals surface area (Å²) < 4.78 is 11.6. The first-order valence-electron chi connectivity index (χ1n) is 10.7. The predicted octanol–water partition coefficient (Wildman–Crippen LogP) is 2.10. The van der Waals surface area contributed by atoms with Crippen LogP contribution in [0, 0.1) is 0 Å². The maximum absolute atomic E-state index is 6.00. The third-order valence-electron chi connectivity index (χ3n) is 5.75. The highest BCUT2D eigenvalue weighted by atomic mass is 16.5. The van der Waals surface area contributed by atoms with Crippen molar-refractivity contribution in [3.8, 4) is 0 Å². The molecule has 3 unspecified atom stereocenters. The lowest BCUT2D eigenvalue weighted by molar-refractivity contribution is -0.0789. The lowest BCUT2D eigenvalue weighted by atomic mass is 10.1. The molecule has 8 nitrogen and oxygen atoms in total. The minimum atomic E-state index is -0.193. The second-order valence-corrected chi connectivity index (χ2v) is 8.06. The number of pyridine rings is 2. The van der Waals surface area contributed by atoms with Gasteiger partial charge >= 0.3 is 0 Å². The van der Waals surface area contributed by atoms with Crippen LogP contribution in [0.4, 0.5) is 11.5 Å². The van der Waals surface area contributed by atoms with Gasteiger partial charge in [0, 0.05) is 50.5 Å². The van der Waals surface area contributed by atoms with Crippen LogP contribution in [0.2, 0.25) is 0 Å². The van der Waals surface area contributed by atoms with Crippen LogP contribution in [0.1, 0.15) is 19.4 Å². The van der Waals surface area contributed by atoms with E-state index in [0.29, 0.717) is 0 Å². The molecule has 5 heterocycles. The molecule has 0 saturated carbocycles. The molecular formula is C22H28N6O2. The quantitative estimate of drug-likeness (QED) is 0.754. The third kappa shape index (κ3) is 3.66. The van der Waals surface area contributed by atoms with Gasteiger partial charge in [-0.05, 0) is 38.1 Å². The molecule has 2 aromatic rings. The molecule has 2 fully saturated rings. The minimum Gasteiger partial charge on any atom is -0.378 e. The molecule has 3 aliphatic rings. The summed E-state index contributed by atoms with van der Waals surface area (Å²) in [5.41, 5.74) is 2.09. The molecule has 0 aromatic carbocycles. The molecule has 3 atom stereocenters. The Kier molecular flexibility index (Phi) is 5.37. The largest absolute Gasteiger partial charge is 0.378 e. The van der Waals surface area contributed by atoms with Crippen LogP contribution >= 0.6 is 0 Å². The maximum atomic E-state index is 6.00. The lowest BCUT2D eigenvalue weighted by Gasteiger charge is -2.46. The number of rotatable bonds is 2. The fraction of sp³-hybridized carbons (Fsp3) is 0.500. The number of aliphatic imine (C=N–C) groups is 1. The summed E-state index contributed by atoms with van der Waals surface area (Å²) in [4.78, 5) is 21.3. The van der Waals surface area contributed by atoms with E-state index in [1.807, 2.05) is 36.8 Å². The van der Waals surface area contributed by atoms with Crippen molar-refractivity contribution < 1.29 is 9.47 Å². The topological polar surface area (TPSA) is 66.3 Å². The van der Waals surface area contributed by atoms with E-state index in [1.54, 1.807) is 0 Å². The summed E-state index contributed by atoms with van der Waals surface area (Å²) >= 11 is 0. The highest BCUT2D eigenvalue weighted by molar-refractivity contribution is 6.05. The van der Waals surface area contributed by atoms with Crippen molar-refractivity contribution in [2.75, 3.05) is 44.3 Å². The van der Waals surface area contributed by atoms with Crippen molar-refractivity contribution in [2.45, 2.75) is 32.3 Å². The second-order valence-electron chi connectivity index (χ2n) is 8.06. The highest BCUT2D eigenvalue weighted by Crippen LogP contribution is 2.36. The summed E-state index contributed by atoms with van der Waals surface area (Å²) in [7, 11) is 0. The van der Waals surface area contributed by atoms with Crippen LogP contribution in [0.15, 0.2) is 47.8 Å². The first-order valence-corrected chi connectivity index (χ1v) is 10.7. The van der Waals surface area contributed by atoms with Crippen LogP contribution in [0.25, 0.3) is 0 Å². The standard InChI is InChI=1S/C22H28N6O2/c1-16-14-27(15-17(2)30-16)22-25-21(26-10-12-29-13-11-26)19-4-3-7-24-20(19)28(22)18-5-8-23-9-6-18/h3-9,16-17,22H,10-15H2,1-2H3. The van der Waals surface area contributed by atoms with E-state index in [9.17, 15) is 0 Å². The average Bonchev–Trinajstić information content (AvgIpc) is 2.78. The Hall–Kier alpha value is -2.55. The number of hydrogen-bond donors (Lipinski definition) is 0. The summed E-state index contributed by atoms with van der Waals surface area (Å²) in [6.45, 7) is 9.01. The van der Waals surface area contributed by atoms with E-state index in [2.05, 4.69) is 39.6 Å². The van der Waals surface area contributed by atoms with Crippen molar-refractivity contribution in [2.24, 2.45) is 4.99 Å². The molecule has 158 valence electrons. The molecular weight excluding hydrogens is 380 g/mol. The van der Waals surface area contributed by atoms with E-state index in [1.165, 1.54) is 0 Å². The molecule has 0 radical (unpaired) electrons. The molecule has 30 heavy (non-hydrogen) atoms. The van der Waals surface area contributed by atoms with Crippen LogP contribution in [0.5, 0.6) is 0 Å². The van der Waals surface area contributed by atoms with E-state index in [4.69, 9.17) is 19.5 Å². The van der Waals surface area contributed by atoms with Gasteiger partial charge in [0.1, 0.15) is 11.7 Å². The van der Waals surface area contributed by atoms with Crippen molar-refractivity contribution in [1.29, 1.82) is 0 Å². The average molecular weight is 409 g/mol. The summed E-state index contributed by atoms with van der Waals surface area (Å²) in [6.07, 6.45) is 5.61. The SMILES string of the molecule is CC1CN(C2N=C(N3CCOCC3)c3cccnc3N2c2ccncc2)CC(C)O1. The predicted molar refractivity (Wildman–Crippen MR) is 115 cm³/mol. The monoisotopic (exact) mass is 408 g/mol. The van der Waals surface area contributed by atoms with Crippen LogP contribution < -0.4 is 4.90 Å². The first-order chi connectivity index (χ1) is 14.7. The lowest BCUT2D eigenvalue weighted by Crippen LogP contribution is -2.57. The molecule has 2 aromatic heterocycles. The second kappa shape index (κ2) is 8.29. The molecule has 0 spiro atoms. The Balaban J connectivity index is 1.62. The van der Waals surface area contributed by atoms with Gasteiger partial charge < -0.3 is 14.4 Å². The van der Waals surface area contributed by atoms with Gasteiger partial charge in [-0.1, -0.05) is 0 Å². The summed E-state index contributed by atoms with van der Waals surface area (Å²) in [5.74, 6) is 1.93. The van der Waals surface area contributed by atoms with Gasteiger partial charge in [-0.3, -0.25) is 14.8 Å². The van der Waals surface area contributed by atoms with Crippen molar-refractivity contribution in [3.05, 3.63) is 48.4 Å². The summed E-state index contributed by atoms with van der Waals surface area (Å²) in [5, 5.41) is 0. The van der Waals surface area contributed by atoms with Crippen LogP contribution in [0.3, 0.4) is 0 Å². The summed E-state index contributed by atoms with van der Waals surface area (Å²) in [6, 6.07) is 8.15. The Morgan fingerprint density at radius 2 is 1.70 bits per heavy atom. The number of nitrogens with zero attached hydrogens (tertiary/aromatic N) is 6. The van der Waals surface area contributed by atoms with Gasteiger partial charge in [0.15, 0.2) is 6.29 Å². The molecule has 8 heteroatoms. The van der Waals surface area contributed by atoms with Gasteiger partial charge in [0.05, 0.1) is 31.0 Å². The molecule has 5 rings (SSSR count). The third-order valence-corrected chi connectivity index (χ3v) is 5.75. The van der Waals surface area contributed by atoms with E-state index in [-0.39, 0.29) is 18.5 Å². The van der Waals surface area contributed by atoms with Crippen LogP contribution in [-0.4, -0.2) is 83.5 Å². The Morgan fingerprint density at radius 3 is 2.43 bits per heavy atom. The van der Waals surface area contributed by atoms with Gasteiger partial charge in [-0.2, -0.15) is 0 Å². The number of fused-ring (bicyclic) bond motifs is 1. The Labute approximate surface area is 177 Å². The normalized spacial score (nSPS) is 27.5. The zero-order chi connectivity index (χ0) is 20.5. The van der Waals surface area contributed by atoms with Crippen LogP contribution in [-0.2, 0) is 9.47 Å². The number of ether oxygens (including phenoxy) is 2. The van der Waals surface area contributed by atoms with Gasteiger partial charge in [0.2, 0.25) is 0 Å². The molecule has 3 aliphatic heterocycles. The molecule has 0 amide bonds. The Morgan fingerprint density at radius 1 is 0.967 bits per heavy atom. The van der Waals surface area contributed by atoms with Crippen molar-refractivity contribution in [1.82, 2.24) is 19.8 Å². The maximum Gasteiger partial charge on any atom is 0.186 e. The first kappa shape index (κ1) is 19.4. The molecule has 2 saturated heterocycles. The van der Waals surface area contributed by atoms with Gasteiger partial charge in [0.25, 0.3) is 0 Å². The van der Waals surface area contributed by atoms with Gasteiger partial charge in [-0.25, -0.2) is 9.98 Å². The molecule has 0 aliphatic carbocycles. The molecule has 0 bridgehead atoms. The number of amidine groups is 1. The number of hydrogen-bond acceptors (Lipinski definition) is 8. The minimum absolute atomic E-state index is 0.153. The number of morpholine rings is 2. The van der Waals surface area contributed by atoms with Gasteiger partial charge in [-0.15, -0.1) is 0 Å². The zero-order valence-corrected chi connectivity index (χ0v) is 17.5. The number of anilines is 2. The fourth-order valence-electron chi connectivity index (χ4n) is 4.55. The van der Waals surface area contributed by atoms with Crippen molar-refractivity contribution in [3.63, 3.8) is 0 Å². The van der Waals surface area contributed by atoms with E-state index in [0.717, 1.165) is 62.3 Å². The van der Waals surface area contributed by atoms with E-state index >= 15 is 0 Å².